The Morgan fingerprint density at radius 3 is 2.21 bits per heavy atom. The summed E-state index contributed by atoms with van der Waals surface area (Å²) >= 11 is 2.53. The molecule has 0 unspecified atom stereocenters. The summed E-state index contributed by atoms with van der Waals surface area (Å²) in [7, 11) is 0. The number of hydrogen-bond donors (Lipinski definition) is 3. The molecule has 3 N–H and O–H groups in total. The first-order valence-electron chi connectivity index (χ1n) is 13.0. The van der Waals surface area contributed by atoms with Gasteiger partial charge in [0, 0.05) is 11.8 Å². The zero-order valence-corrected chi connectivity index (χ0v) is 23.5. The molecule has 0 aliphatic heterocycles. The minimum atomic E-state index is -4.82. The lowest BCUT2D eigenvalue weighted by molar-refractivity contribution is -0.274. The maximum Gasteiger partial charge on any atom is 0.573 e. The second kappa shape index (κ2) is 12.9. The summed E-state index contributed by atoms with van der Waals surface area (Å²) in [5, 5.41) is 34.5. The van der Waals surface area contributed by atoms with Crippen LogP contribution in [-0.4, -0.2) is 43.7 Å². The molecule has 1 fully saturated rings. The van der Waals surface area contributed by atoms with Crippen LogP contribution in [-0.2, 0) is 16.0 Å². The number of halogens is 3. The van der Waals surface area contributed by atoms with Crippen LogP contribution < -0.4 is 15.4 Å². The van der Waals surface area contributed by atoms with Crippen LogP contribution in [0.5, 0.6) is 5.75 Å². The summed E-state index contributed by atoms with van der Waals surface area (Å²) in [4.78, 5) is 25.0. The number of anilines is 2. The van der Waals surface area contributed by atoms with Gasteiger partial charge < -0.3 is 15.2 Å². The van der Waals surface area contributed by atoms with Gasteiger partial charge in [-0.25, -0.2) is 0 Å². The fourth-order valence-electron chi connectivity index (χ4n) is 4.70. The van der Waals surface area contributed by atoms with Crippen LogP contribution in [0.15, 0.2) is 54.6 Å². The Bertz CT molecular complexity index is 1530. The predicted molar refractivity (Wildman–Crippen MR) is 149 cm³/mol. The van der Waals surface area contributed by atoms with Gasteiger partial charge in [0.2, 0.25) is 16.2 Å². The molecule has 2 aromatic heterocycles. The number of carbonyl (C=O) groups is 2. The quantitative estimate of drug-likeness (QED) is 0.221. The first kappa shape index (κ1) is 29.5. The van der Waals surface area contributed by atoms with E-state index in [1.807, 2.05) is 0 Å². The van der Waals surface area contributed by atoms with Crippen LogP contribution >= 0.6 is 22.7 Å². The first-order chi connectivity index (χ1) is 20.1. The van der Waals surface area contributed by atoms with E-state index in [0.717, 1.165) is 41.8 Å². The van der Waals surface area contributed by atoms with Crippen molar-refractivity contribution in [2.24, 2.45) is 0 Å². The van der Waals surface area contributed by atoms with Crippen LogP contribution in [0, 0.1) is 0 Å². The van der Waals surface area contributed by atoms with Gasteiger partial charge in [-0.1, -0.05) is 71.6 Å². The van der Waals surface area contributed by atoms with Crippen molar-refractivity contribution in [2.75, 3.05) is 10.6 Å². The highest BCUT2D eigenvalue weighted by Crippen LogP contribution is 2.43. The number of amides is 2. The molecule has 3 atom stereocenters. The number of aliphatic hydroxyl groups is 1. The first-order valence-corrected chi connectivity index (χ1v) is 14.6. The fraction of sp³-hybridized carbons (Fsp3) is 0.333. The number of rotatable bonds is 9. The van der Waals surface area contributed by atoms with Gasteiger partial charge in [0.15, 0.2) is 6.10 Å². The molecule has 5 rings (SSSR count). The number of alkyl halides is 3. The maximum absolute atomic E-state index is 12.5. The van der Waals surface area contributed by atoms with Gasteiger partial charge in [-0.15, -0.1) is 33.6 Å². The molecule has 2 heterocycles. The molecular weight excluding hydrogens is 593 g/mol. The fourth-order valence-corrected chi connectivity index (χ4v) is 6.50. The normalized spacial score (nSPS) is 17.8. The van der Waals surface area contributed by atoms with Gasteiger partial charge in [0.1, 0.15) is 15.8 Å². The van der Waals surface area contributed by atoms with E-state index in [2.05, 4.69) is 35.8 Å². The number of hydrogen-bond acceptors (Lipinski definition) is 10. The number of ether oxygens (including phenoxy) is 1. The van der Waals surface area contributed by atoms with Crippen molar-refractivity contribution in [3.05, 3.63) is 75.7 Å². The Morgan fingerprint density at radius 1 is 0.929 bits per heavy atom. The third-order valence-corrected chi connectivity index (χ3v) is 8.59. The van der Waals surface area contributed by atoms with E-state index < -0.39 is 30.0 Å². The standard InChI is InChI=1S/C27H25F3N6O4S2/c28-27(29,30)40-19-11-4-6-15(12-19)13-20(37)31-25-35-33-23(41-25)17-9-5-10-18(14-17)24-34-36-26(42-24)32-22(39)21(38)16-7-2-1-3-8-16/h1-4,6-8,11-12,17-18,21,38H,5,9-10,13-14H2,(H,31,35,37)(H,32,36,39)/t17-,18-,21-/m0/s1. The van der Waals surface area contributed by atoms with E-state index in [4.69, 9.17) is 0 Å². The van der Waals surface area contributed by atoms with Gasteiger partial charge in [0.05, 0.1) is 6.42 Å². The number of nitrogens with one attached hydrogen (secondary N) is 2. The molecule has 1 aliphatic carbocycles. The van der Waals surface area contributed by atoms with Crippen LogP contribution in [0.25, 0.3) is 0 Å². The molecule has 0 spiro atoms. The average molecular weight is 619 g/mol. The lowest BCUT2D eigenvalue weighted by Gasteiger charge is -2.25. The minimum absolute atomic E-state index is 0.0879. The highest BCUT2D eigenvalue weighted by molar-refractivity contribution is 7.15. The molecule has 0 radical (unpaired) electrons. The highest BCUT2D eigenvalue weighted by Gasteiger charge is 2.32. The molecule has 0 saturated heterocycles. The van der Waals surface area contributed by atoms with Gasteiger partial charge in [0.25, 0.3) is 5.91 Å². The van der Waals surface area contributed by atoms with E-state index in [9.17, 15) is 27.9 Å². The second-order valence-electron chi connectivity index (χ2n) is 9.67. The zero-order chi connectivity index (χ0) is 29.7. The van der Waals surface area contributed by atoms with Gasteiger partial charge in [-0.3, -0.25) is 14.9 Å². The smallest absolute Gasteiger partial charge is 0.406 e. The molecule has 1 saturated carbocycles. The zero-order valence-electron chi connectivity index (χ0n) is 21.9. The Morgan fingerprint density at radius 2 is 1.57 bits per heavy atom. The van der Waals surface area contributed by atoms with Crippen molar-refractivity contribution in [1.82, 2.24) is 20.4 Å². The van der Waals surface area contributed by atoms with Crippen molar-refractivity contribution in [1.29, 1.82) is 0 Å². The van der Waals surface area contributed by atoms with E-state index in [1.54, 1.807) is 30.3 Å². The van der Waals surface area contributed by atoms with Gasteiger partial charge in [-0.05, 0) is 42.5 Å². The number of aliphatic hydroxyl groups excluding tert-OH is 1. The predicted octanol–water partition coefficient (Wildman–Crippen LogP) is 5.58. The van der Waals surface area contributed by atoms with E-state index in [-0.39, 0.29) is 18.3 Å². The third kappa shape index (κ3) is 7.86. The second-order valence-corrected chi connectivity index (χ2v) is 11.7. The molecule has 15 heteroatoms. The summed E-state index contributed by atoms with van der Waals surface area (Å²) < 4.78 is 41.4. The van der Waals surface area contributed by atoms with Gasteiger partial charge in [-0.2, -0.15) is 0 Å². The van der Waals surface area contributed by atoms with E-state index in [0.29, 0.717) is 21.4 Å². The van der Waals surface area contributed by atoms with Crippen molar-refractivity contribution in [2.45, 2.75) is 56.4 Å². The average Bonchev–Trinajstić information content (AvgIpc) is 3.62. The third-order valence-electron chi connectivity index (χ3n) is 6.59. The maximum atomic E-state index is 12.5. The molecule has 0 bridgehead atoms. The summed E-state index contributed by atoms with van der Waals surface area (Å²) in [6, 6.07) is 13.9. The Balaban J connectivity index is 1.15. The molecule has 220 valence electrons. The Labute approximate surface area is 246 Å². The molecule has 42 heavy (non-hydrogen) atoms. The molecule has 2 amide bonds. The van der Waals surface area contributed by atoms with Crippen LogP contribution in [0.2, 0.25) is 0 Å². The van der Waals surface area contributed by atoms with Crippen molar-refractivity contribution in [3.63, 3.8) is 0 Å². The van der Waals surface area contributed by atoms with Gasteiger partial charge >= 0.3 is 6.36 Å². The summed E-state index contributed by atoms with van der Waals surface area (Å²) in [5.41, 5.74) is 0.837. The summed E-state index contributed by atoms with van der Waals surface area (Å²) in [6.07, 6.45) is -2.86. The topological polar surface area (TPSA) is 139 Å². The monoisotopic (exact) mass is 618 g/mol. The molecule has 1 aliphatic rings. The summed E-state index contributed by atoms with van der Waals surface area (Å²) in [5.74, 6) is -1.24. The molecule has 10 nitrogen and oxygen atoms in total. The van der Waals surface area contributed by atoms with Crippen molar-refractivity contribution < 1.29 is 32.6 Å². The van der Waals surface area contributed by atoms with E-state index in [1.165, 1.54) is 40.9 Å². The number of nitrogens with zero attached hydrogens (tertiary/aromatic N) is 4. The number of aromatic nitrogens is 4. The van der Waals surface area contributed by atoms with Crippen LogP contribution in [0.3, 0.4) is 0 Å². The number of benzene rings is 2. The van der Waals surface area contributed by atoms with E-state index >= 15 is 0 Å². The lowest BCUT2D eigenvalue weighted by atomic mass is 9.82. The molecule has 2 aromatic carbocycles. The Hall–Kier alpha value is -3.95. The SMILES string of the molecule is O=C(Cc1cccc(OC(F)(F)F)c1)Nc1nnc([C@H]2CCC[C@H](c3nnc(NC(=O)[C@@H](O)c4ccccc4)s3)C2)s1. The van der Waals surface area contributed by atoms with Crippen molar-refractivity contribution >= 4 is 44.8 Å². The van der Waals surface area contributed by atoms with Crippen LogP contribution in [0.1, 0.15) is 64.8 Å². The minimum Gasteiger partial charge on any atom is -0.406 e. The molecular formula is C27H25F3N6O4S2. The number of carbonyl (C=O) groups excluding carboxylic acids is 2. The van der Waals surface area contributed by atoms with Crippen LogP contribution in [0.4, 0.5) is 23.4 Å². The molecule has 4 aromatic rings. The highest BCUT2D eigenvalue weighted by atomic mass is 32.1. The lowest BCUT2D eigenvalue weighted by Crippen LogP contribution is -2.20. The largest absolute Gasteiger partial charge is 0.573 e. The Kier molecular flexibility index (Phi) is 9.09. The van der Waals surface area contributed by atoms with Crippen molar-refractivity contribution in [3.8, 4) is 5.75 Å². The summed E-state index contributed by atoms with van der Waals surface area (Å²) in [6.45, 7) is 0.